The molecule has 1 amide bonds. The minimum Gasteiger partial charge on any atom is -0.461 e. The molecule has 0 aliphatic carbocycles. The van der Waals surface area contributed by atoms with Crippen LogP contribution in [0.15, 0.2) is 52.2 Å². The fourth-order valence-electron chi connectivity index (χ4n) is 2.40. The van der Waals surface area contributed by atoms with Crippen LogP contribution in [0.1, 0.15) is 12.5 Å². The number of nitrogens with one attached hydrogen (secondary N) is 1. The number of hydrogen-bond donors (Lipinski definition) is 1. The second-order valence-electron chi connectivity index (χ2n) is 5.71. The molecule has 1 aromatic carbocycles. The summed E-state index contributed by atoms with van der Waals surface area (Å²) in [6, 6.07) is 11.9. The van der Waals surface area contributed by atoms with Gasteiger partial charge in [-0.05, 0) is 43.3 Å². The van der Waals surface area contributed by atoms with Crippen molar-refractivity contribution in [2.75, 3.05) is 17.7 Å². The minimum absolute atomic E-state index is 0.0135. The van der Waals surface area contributed by atoms with Crippen LogP contribution < -0.4 is 5.32 Å². The van der Waals surface area contributed by atoms with Gasteiger partial charge in [0, 0.05) is 12.2 Å². The summed E-state index contributed by atoms with van der Waals surface area (Å²) in [7, 11) is 0. The number of nitrogens with zero attached hydrogens (tertiary/aromatic N) is 4. The number of nitriles is 1. The van der Waals surface area contributed by atoms with Gasteiger partial charge in [-0.3, -0.25) is 14.2 Å². The number of amides is 1. The van der Waals surface area contributed by atoms with Crippen molar-refractivity contribution in [3.05, 3.63) is 48.2 Å². The summed E-state index contributed by atoms with van der Waals surface area (Å²) in [5, 5.41) is 20.1. The quantitative estimate of drug-likeness (QED) is 0.443. The molecule has 0 spiro atoms. The number of anilines is 1. The standard InChI is InChI=1S/C19H17N5O4S/c1-2-24-18(15-4-3-9-27-15)22-23-19(24)29-12-17(26)28-11-16(25)21-14-7-5-13(10-20)6-8-14/h3-9H,2,11-12H2,1H3,(H,21,25). The van der Waals surface area contributed by atoms with E-state index in [0.29, 0.717) is 34.5 Å². The molecule has 0 aliphatic rings. The second kappa shape index (κ2) is 9.57. The average molecular weight is 411 g/mol. The Morgan fingerprint density at radius 1 is 1.28 bits per heavy atom. The van der Waals surface area contributed by atoms with E-state index in [0.717, 1.165) is 0 Å². The Morgan fingerprint density at radius 3 is 2.72 bits per heavy atom. The molecule has 0 bridgehead atoms. The number of ether oxygens (including phenoxy) is 1. The van der Waals surface area contributed by atoms with Crippen LogP contribution >= 0.6 is 11.8 Å². The zero-order valence-corrected chi connectivity index (χ0v) is 16.3. The molecule has 9 nitrogen and oxygen atoms in total. The Bertz CT molecular complexity index is 1020. The molecule has 0 aliphatic heterocycles. The maximum Gasteiger partial charge on any atom is 0.316 e. The lowest BCUT2D eigenvalue weighted by molar-refractivity contribution is -0.144. The van der Waals surface area contributed by atoms with Gasteiger partial charge in [-0.2, -0.15) is 5.26 Å². The highest BCUT2D eigenvalue weighted by atomic mass is 32.2. The number of aromatic nitrogens is 3. The van der Waals surface area contributed by atoms with Gasteiger partial charge in [0.25, 0.3) is 5.91 Å². The van der Waals surface area contributed by atoms with E-state index in [4.69, 9.17) is 14.4 Å². The SMILES string of the molecule is CCn1c(SCC(=O)OCC(=O)Nc2ccc(C#N)cc2)nnc1-c1ccco1. The van der Waals surface area contributed by atoms with Crippen LogP contribution in [-0.2, 0) is 20.9 Å². The fraction of sp³-hybridized carbons (Fsp3) is 0.211. The normalized spacial score (nSPS) is 10.3. The Morgan fingerprint density at radius 2 is 2.07 bits per heavy atom. The summed E-state index contributed by atoms with van der Waals surface area (Å²) in [5.74, 6) is 0.143. The largest absolute Gasteiger partial charge is 0.461 e. The number of carbonyl (C=O) groups is 2. The van der Waals surface area contributed by atoms with Gasteiger partial charge in [0.1, 0.15) is 0 Å². The van der Waals surface area contributed by atoms with Crippen LogP contribution in [0.4, 0.5) is 5.69 Å². The minimum atomic E-state index is -0.546. The molecule has 148 valence electrons. The summed E-state index contributed by atoms with van der Waals surface area (Å²) in [4.78, 5) is 23.8. The summed E-state index contributed by atoms with van der Waals surface area (Å²) in [5.41, 5.74) is 1.00. The maximum absolute atomic E-state index is 12.0. The van der Waals surface area contributed by atoms with Crippen LogP contribution in [0.3, 0.4) is 0 Å². The molecule has 3 aromatic rings. The number of carbonyl (C=O) groups excluding carboxylic acids is 2. The van der Waals surface area contributed by atoms with Gasteiger partial charge in [-0.15, -0.1) is 10.2 Å². The Labute approximate surface area is 170 Å². The molecular formula is C19H17N5O4S. The third kappa shape index (κ3) is 5.24. The van der Waals surface area contributed by atoms with E-state index >= 15 is 0 Å². The van der Waals surface area contributed by atoms with Crippen molar-refractivity contribution in [3.8, 4) is 17.7 Å². The predicted molar refractivity (Wildman–Crippen MR) is 105 cm³/mol. The van der Waals surface area contributed by atoms with Gasteiger partial charge in [0.2, 0.25) is 0 Å². The third-order valence-electron chi connectivity index (χ3n) is 3.76. The zero-order valence-electron chi connectivity index (χ0n) is 15.5. The van der Waals surface area contributed by atoms with Gasteiger partial charge in [-0.25, -0.2) is 0 Å². The Kier molecular flexibility index (Phi) is 6.65. The lowest BCUT2D eigenvalue weighted by atomic mass is 10.2. The van der Waals surface area contributed by atoms with E-state index in [9.17, 15) is 9.59 Å². The highest BCUT2D eigenvalue weighted by molar-refractivity contribution is 7.99. The van der Waals surface area contributed by atoms with E-state index in [1.54, 1.807) is 42.7 Å². The van der Waals surface area contributed by atoms with Gasteiger partial charge in [0.15, 0.2) is 23.3 Å². The number of esters is 1. The van der Waals surface area contributed by atoms with Gasteiger partial charge in [-0.1, -0.05) is 11.8 Å². The summed E-state index contributed by atoms with van der Waals surface area (Å²) < 4.78 is 12.2. The van der Waals surface area contributed by atoms with Crippen molar-refractivity contribution >= 4 is 29.3 Å². The monoisotopic (exact) mass is 411 g/mol. The third-order valence-corrected chi connectivity index (χ3v) is 4.70. The molecule has 10 heteroatoms. The molecule has 0 radical (unpaired) electrons. The average Bonchev–Trinajstić information content (AvgIpc) is 3.40. The number of furan rings is 1. The van der Waals surface area contributed by atoms with Crippen LogP contribution in [0.2, 0.25) is 0 Å². The second-order valence-corrected chi connectivity index (χ2v) is 6.66. The highest BCUT2D eigenvalue weighted by Crippen LogP contribution is 2.24. The van der Waals surface area contributed by atoms with E-state index < -0.39 is 18.5 Å². The zero-order chi connectivity index (χ0) is 20.6. The fourth-order valence-corrected chi connectivity index (χ4v) is 3.21. The van der Waals surface area contributed by atoms with Crippen LogP contribution in [0.5, 0.6) is 0 Å². The first kappa shape index (κ1) is 20.2. The topological polar surface area (TPSA) is 123 Å². The molecule has 29 heavy (non-hydrogen) atoms. The molecule has 3 rings (SSSR count). The van der Waals surface area contributed by atoms with Crippen LogP contribution in [0.25, 0.3) is 11.6 Å². The van der Waals surface area contributed by atoms with Crippen molar-refractivity contribution in [3.63, 3.8) is 0 Å². The van der Waals surface area contributed by atoms with E-state index in [2.05, 4.69) is 15.5 Å². The highest BCUT2D eigenvalue weighted by Gasteiger charge is 2.17. The van der Waals surface area contributed by atoms with E-state index in [-0.39, 0.29) is 5.75 Å². The van der Waals surface area contributed by atoms with Gasteiger partial charge in [0.05, 0.1) is 23.6 Å². The molecule has 0 saturated carbocycles. The van der Waals surface area contributed by atoms with E-state index in [1.807, 2.05) is 17.6 Å². The molecule has 1 N–H and O–H groups in total. The van der Waals surface area contributed by atoms with Crippen molar-refractivity contribution in [2.45, 2.75) is 18.6 Å². The molecule has 0 unspecified atom stereocenters. The predicted octanol–water partition coefficient (Wildman–Crippen LogP) is 2.70. The smallest absolute Gasteiger partial charge is 0.316 e. The summed E-state index contributed by atoms with van der Waals surface area (Å²) >= 11 is 1.17. The van der Waals surface area contributed by atoms with Crippen LogP contribution in [0, 0.1) is 11.3 Å². The summed E-state index contributed by atoms with van der Waals surface area (Å²) in [6.45, 7) is 2.14. The molecule has 0 saturated heterocycles. The number of hydrogen-bond acceptors (Lipinski definition) is 8. The van der Waals surface area contributed by atoms with Gasteiger partial charge < -0.3 is 14.5 Å². The number of benzene rings is 1. The molecular weight excluding hydrogens is 394 g/mol. The van der Waals surface area contributed by atoms with Crippen molar-refractivity contribution in [1.29, 1.82) is 5.26 Å². The Balaban J connectivity index is 1.47. The maximum atomic E-state index is 12.0. The molecule has 0 atom stereocenters. The first-order valence-corrected chi connectivity index (χ1v) is 9.64. The van der Waals surface area contributed by atoms with Crippen molar-refractivity contribution in [1.82, 2.24) is 14.8 Å². The number of thioether (sulfide) groups is 1. The molecule has 0 fully saturated rings. The Hall–Kier alpha value is -3.58. The van der Waals surface area contributed by atoms with E-state index in [1.165, 1.54) is 11.8 Å². The van der Waals surface area contributed by atoms with Crippen molar-refractivity contribution < 1.29 is 18.7 Å². The van der Waals surface area contributed by atoms with Crippen molar-refractivity contribution in [2.24, 2.45) is 0 Å². The first-order chi connectivity index (χ1) is 14.1. The number of rotatable bonds is 8. The van der Waals surface area contributed by atoms with Gasteiger partial charge >= 0.3 is 5.97 Å². The van der Waals surface area contributed by atoms with Crippen LogP contribution in [-0.4, -0.2) is 39.0 Å². The first-order valence-electron chi connectivity index (χ1n) is 8.66. The molecule has 2 heterocycles. The lowest BCUT2D eigenvalue weighted by Crippen LogP contribution is -2.21. The molecule has 2 aromatic heterocycles. The summed E-state index contributed by atoms with van der Waals surface area (Å²) in [6.07, 6.45) is 1.55. The lowest BCUT2D eigenvalue weighted by Gasteiger charge is -2.07.